The van der Waals surface area contributed by atoms with E-state index in [-0.39, 0.29) is 11.8 Å². The highest BCUT2D eigenvalue weighted by Crippen LogP contribution is 2.26. The summed E-state index contributed by atoms with van der Waals surface area (Å²) < 4.78 is 12.5. The van der Waals surface area contributed by atoms with Crippen molar-refractivity contribution in [2.45, 2.75) is 19.4 Å². The molecule has 8 nitrogen and oxygen atoms in total. The highest BCUT2D eigenvalue weighted by atomic mass is 35.5. The zero-order chi connectivity index (χ0) is 21.1. The number of ether oxygens (including phenoxy) is 2. The van der Waals surface area contributed by atoms with Crippen LogP contribution in [-0.2, 0) is 11.3 Å². The Morgan fingerprint density at radius 1 is 1.23 bits per heavy atom. The first kappa shape index (κ1) is 20.3. The van der Waals surface area contributed by atoms with Gasteiger partial charge in [0.25, 0.3) is 0 Å². The fourth-order valence-electron chi connectivity index (χ4n) is 3.77. The number of halogens is 1. The highest BCUT2D eigenvalue weighted by Gasteiger charge is 2.28. The van der Waals surface area contributed by atoms with Crippen LogP contribution in [0.1, 0.15) is 18.4 Å². The molecule has 3 heterocycles. The Hall–Kier alpha value is -3.00. The normalized spacial score (nSPS) is 16.5. The molecule has 1 aliphatic heterocycles. The second kappa shape index (κ2) is 8.79. The monoisotopic (exact) mass is 429 g/mol. The topological polar surface area (TPSA) is 81.0 Å². The molecule has 1 atom stereocenters. The van der Waals surface area contributed by atoms with Crippen LogP contribution in [-0.4, -0.2) is 47.8 Å². The lowest BCUT2D eigenvalue weighted by Gasteiger charge is -2.32. The molecule has 30 heavy (non-hydrogen) atoms. The first-order valence-corrected chi connectivity index (χ1v) is 10.2. The van der Waals surface area contributed by atoms with Gasteiger partial charge < -0.3 is 19.7 Å². The lowest BCUT2D eigenvalue weighted by atomic mass is 9.97. The predicted molar refractivity (Wildman–Crippen MR) is 114 cm³/mol. The third-order valence-corrected chi connectivity index (χ3v) is 5.59. The SMILES string of the molecule is COc1ccc(CNC(=O)[C@@H]2CCCN(c3nnc4ccc(Cl)cn34)C2)c(OC)c1. The van der Waals surface area contributed by atoms with Crippen LogP contribution in [0.2, 0.25) is 5.02 Å². The molecule has 1 aliphatic rings. The van der Waals surface area contributed by atoms with Crippen molar-refractivity contribution in [1.29, 1.82) is 0 Å². The van der Waals surface area contributed by atoms with E-state index in [2.05, 4.69) is 20.4 Å². The van der Waals surface area contributed by atoms with E-state index in [1.54, 1.807) is 26.5 Å². The van der Waals surface area contributed by atoms with Crippen molar-refractivity contribution in [2.75, 3.05) is 32.2 Å². The molecule has 158 valence electrons. The van der Waals surface area contributed by atoms with Crippen LogP contribution >= 0.6 is 11.6 Å². The predicted octanol–water partition coefficient (Wildman–Crippen LogP) is 2.93. The van der Waals surface area contributed by atoms with Crippen molar-refractivity contribution in [2.24, 2.45) is 5.92 Å². The maximum absolute atomic E-state index is 12.9. The van der Waals surface area contributed by atoms with E-state index >= 15 is 0 Å². The first-order chi connectivity index (χ1) is 14.6. The molecule has 1 fully saturated rings. The van der Waals surface area contributed by atoms with Gasteiger partial charge in [0.05, 0.1) is 25.2 Å². The van der Waals surface area contributed by atoms with Gasteiger partial charge in [-0.15, -0.1) is 10.2 Å². The van der Waals surface area contributed by atoms with Crippen molar-refractivity contribution < 1.29 is 14.3 Å². The summed E-state index contributed by atoms with van der Waals surface area (Å²) in [6.07, 6.45) is 3.53. The molecule has 4 rings (SSSR count). The summed E-state index contributed by atoms with van der Waals surface area (Å²) >= 11 is 6.13. The molecule has 2 aromatic heterocycles. The molecule has 1 aromatic carbocycles. The number of carbonyl (C=O) groups excluding carboxylic acids is 1. The van der Waals surface area contributed by atoms with Crippen LogP contribution < -0.4 is 19.7 Å². The number of rotatable bonds is 6. The lowest BCUT2D eigenvalue weighted by molar-refractivity contribution is -0.125. The zero-order valence-corrected chi connectivity index (χ0v) is 17.7. The summed E-state index contributed by atoms with van der Waals surface area (Å²) in [4.78, 5) is 15.0. The van der Waals surface area contributed by atoms with E-state index in [9.17, 15) is 4.79 Å². The smallest absolute Gasteiger partial charge is 0.231 e. The second-order valence-corrected chi connectivity index (χ2v) is 7.69. The van der Waals surface area contributed by atoms with Crippen molar-refractivity contribution in [3.8, 4) is 11.5 Å². The summed E-state index contributed by atoms with van der Waals surface area (Å²) in [5.41, 5.74) is 1.63. The molecule has 0 spiro atoms. The zero-order valence-electron chi connectivity index (χ0n) is 17.0. The maximum Gasteiger partial charge on any atom is 0.231 e. The van der Waals surface area contributed by atoms with Gasteiger partial charge in [0.15, 0.2) is 5.65 Å². The summed E-state index contributed by atoms with van der Waals surface area (Å²) in [6, 6.07) is 9.18. The van der Waals surface area contributed by atoms with E-state index in [0.717, 1.165) is 30.6 Å². The first-order valence-electron chi connectivity index (χ1n) is 9.83. The average molecular weight is 430 g/mol. The van der Waals surface area contributed by atoms with Gasteiger partial charge in [0.1, 0.15) is 11.5 Å². The van der Waals surface area contributed by atoms with Crippen LogP contribution in [0.3, 0.4) is 0 Å². The van der Waals surface area contributed by atoms with Gasteiger partial charge in [-0.1, -0.05) is 11.6 Å². The van der Waals surface area contributed by atoms with Crippen molar-refractivity contribution in [3.05, 3.63) is 47.1 Å². The molecule has 9 heteroatoms. The number of hydrogen-bond acceptors (Lipinski definition) is 6. The average Bonchev–Trinajstić information content (AvgIpc) is 3.20. The third kappa shape index (κ3) is 4.14. The van der Waals surface area contributed by atoms with Gasteiger partial charge in [-0.25, -0.2) is 0 Å². The largest absolute Gasteiger partial charge is 0.497 e. The number of aromatic nitrogens is 3. The number of fused-ring (bicyclic) bond motifs is 1. The van der Waals surface area contributed by atoms with Gasteiger partial charge in [-0.2, -0.15) is 0 Å². The Morgan fingerprint density at radius 2 is 2.10 bits per heavy atom. The van der Waals surface area contributed by atoms with E-state index in [4.69, 9.17) is 21.1 Å². The summed E-state index contributed by atoms with van der Waals surface area (Å²) in [6.45, 7) is 1.80. The number of amides is 1. The molecule has 0 radical (unpaired) electrons. The van der Waals surface area contributed by atoms with Crippen molar-refractivity contribution >= 4 is 29.1 Å². The van der Waals surface area contributed by atoms with E-state index in [1.807, 2.05) is 28.7 Å². The Bertz CT molecular complexity index is 1050. The molecule has 0 bridgehead atoms. The minimum absolute atomic E-state index is 0.0180. The minimum Gasteiger partial charge on any atom is -0.497 e. The van der Waals surface area contributed by atoms with E-state index in [1.165, 1.54) is 0 Å². The number of benzene rings is 1. The Kier molecular flexibility index (Phi) is 5.94. The van der Waals surface area contributed by atoms with Crippen LogP contribution in [0.25, 0.3) is 5.65 Å². The van der Waals surface area contributed by atoms with Crippen LogP contribution in [0, 0.1) is 5.92 Å². The fraction of sp³-hybridized carbons (Fsp3) is 0.381. The number of piperidine rings is 1. The molecule has 3 aromatic rings. The Morgan fingerprint density at radius 3 is 2.90 bits per heavy atom. The summed E-state index contributed by atoms with van der Waals surface area (Å²) in [5.74, 6) is 2.00. The maximum atomic E-state index is 12.9. The van der Waals surface area contributed by atoms with Crippen molar-refractivity contribution in [1.82, 2.24) is 19.9 Å². The Labute approximate surface area is 179 Å². The number of nitrogens with zero attached hydrogens (tertiary/aromatic N) is 4. The van der Waals surface area contributed by atoms with Gasteiger partial charge in [-0.3, -0.25) is 9.20 Å². The van der Waals surface area contributed by atoms with Crippen LogP contribution in [0.5, 0.6) is 11.5 Å². The molecule has 0 saturated carbocycles. The third-order valence-electron chi connectivity index (χ3n) is 5.37. The molecule has 0 aliphatic carbocycles. The number of methoxy groups -OCH3 is 2. The van der Waals surface area contributed by atoms with E-state index < -0.39 is 0 Å². The molecule has 0 unspecified atom stereocenters. The molecular weight excluding hydrogens is 406 g/mol. The van der Waals surface area contributed by atoms with Gasteiger partial charge in [-0.05, 0) is 37.1 Å². The molecule has 1 N–H and O–H groups in total. The lowest BCUT2D eigenvalue weighted by Crippen LogP contribution is -2.43. The highest BCUT2D eigenvalue weighted by molar-refractivity contribution is 6.30. The standard InChI is InChI=1S/C21H24ClN5O3/c1-29-17-7-5-14(18(10-17)30-2)11-23-20(28)15-4-3-9-26(12-15)21-25-24-19-8-6-16(22)13-27(19)21/h5-8,10,13,15H,3-4,9,11-12H2,1-2H3,(H,23,28)/t15-/m1/s1. The Balaban J connectivity index is 1.43. The number of nitrogens with one attached hydrogen (secondary N) is 1. The van der Waals surface area contributed by atoms with Crippen molar-refractivity contribution in [3.63, 3.8) is 0 Å². The number of pyridine rings is 1. The molecular formula is C21H24ClN5O3. The number of anilines is 1. The second-order valence-electron chi connectivity index (χ2n) is 7.26. The fourth-order valence-corrected chi connectivity index (χ4v) is 3.93. The minimum atomic E-state index is -0.130. The summed E-state index contributed by atoms with van der Waals surface area (Å²) in [7, 11) is 3.21. The molecule has 1 saturated heterocycles. The number of hydrogen-bond donors (Lipinski definition) is 1. The summed E-state index contributed by atoms with van der Waals surface area (Å²) in [5, 5.41) is 12.2. The van der Waals surface area contributed by atoms with Gasteiger partial charge in [0, 0.05) is 37.5 Å². The molecule has 1 amide bonds. The van der Waals surface area contributed by atoms with Crippen LogP contribution in [0.15, 0.2) is 36.5 Å². The number of carbonyl (C=O) groups is 1. The quantitative estimate of drug-likeness (QED) is 0.648. The van der Waals surface area contributed by atoms with E-state index in [0.29, 0.717) is 35.6 Å². The van der Waals surface area contributed by atoms with Gasteiger partial charge >= 0.3 is 0 Å². The van der Waals surface area contributed by atoms with Gasteiger partial charge in [0.2, 0.25) is 11.9 Å². The van der Waals surface area contributed by atoms with Crippen LogP contribution in [0.4, 0.5) is 5.95 Å².